The second kappa shape index (κ2) is 6.04. The zero-order valence-corrected chi connectivity index (χ0v) is 15.7. The molecule has 1 amide bonds. The van der Waals surface area contributed by atoms with E-state index in [1.54, 1.807) is 0 Å². The monoisotopic (exact) mass is 345 g/mol. The summed E-state index contributed by atoms with van der Waals surface area (Å²) in [5, 5.41) is 0. The molecule has 0 saturated carbocycles. The molecule has 1 aromatic carbocycles. The molecule has 1 aromatic rings. The second-order valence-corrected chi connectivity index (χ2v) is 8.48. The van der Waals surface area contributed by atoms with E-state index in [1.165, 1.54) is 16.0 Å². The van der Waals surface area contributed by atoms with Crippen LogP contribution < -0.4 is 0 Å². The van der Waals surface area contributed by atoms with Crippen molar-refractivity contribution in [3.8, 4) is 0 Å². The highest BCUT2D eigenvalue weighted by Crippen LogP contribution is 2.49. The standard InChI is InChI=1S/C20H27NO4/c1-13(2)24-17(22)16-20(10-14-8-6-7-9-15(14)11-20)12-21(16)18(23)25-19(3,4)5/h6-9,13,16H,10-12H2,1-5H3. The van der Waals surface area contributed by atoms with Gasteiger partial charge in [0.1, 0.15) is 11.6 Å². The highest BCUT2D eigenvalue weighted by molar-refractivity contribution is 5.85. The molecule has 0 radical (unpaired) electrons. The summed E-state index contributed by atoms with van der Waals surface area (Å²) in [7, 11) is 0. The number of nitrogens with zero attached hydrogens (tertiary/aromatic N) is 1. The first-order valence-electron chi connectivity index (χ1n) is 8.88. The van der Waals surface area contributed by atoms with Crippen molar-refractivity contribution in [2.45, 2.75) is 65.2 Å². The van der Waals surface area contributed by atoms with Gasteiger partial charge in [0.25, 0.3) is 0 Å². The van der Waals surface area contributed by atoms with Crippen molar-refractivity contribution < 1.29 is 19.1 Å². The molecule has 1 heterocycles. The molecule has 5 heteroatoms. The van der Waals surface area contributed by atoms with Crippen LogP contribution in [0.25, 0.3) is 0 Å². The molecule has 1 fully saturated rings. The molecule has 25 heavy (non-hydrogen) atoms. The van der Waals surface area contributed by atoms with Crippen molar-refractivity contribution in [2.75, 3.05) is 6.54 Å². The number of ether oxygens (including phenoxy) is 2. The van der Waals surface area contributed by atoms with E-state index in [4.69, 9.17) is 9.47 Å². The van der Waals surface area contributed by atoms with Gasteiger partial charge >= 0.3 is 12.1 Å². The van der Waals surface area contributed by atoms with E-state index in [-0.39, 0.29) is 17.5 Å². The Morgan fingerprint density at radius 1 is 1.16 bits per heavy atom. The van der Waals surface area contributed by atoms with Crippen LogP contribution in [-0.4, -0.2) is 41.3 Å². The first-order chi connectivity index (χ1) is 11.6. The van der Waals surface area contributed by atoms with Crippen LogP contribution in [0.4, 0.5) is 4.79 Å². The first-order valence-corrected chi connectivity index (χ1v) is 8.88. The van der Waals surface area contributed by atoms with E-state index in [0.29, 0.717) is 6.54 Å². The summed E-state index contributed by atoms with van der Waals surface area (Å²) >= 11 is 0. The molecule has 1 saturated heterocycles. The Bertz CT molecular complexity index is 664. The van der Waals surface area contributed by atoms with Crippen LogP contribution in [0.15, 0.2) is 24.3 Å². The van der Waals surface area contributed by atoms with Gasteiger partial charge in [0.2, 0.25) is 0 Å². The fourth-order valence-corrected chi connectivity index (χ4v) is 3.93. The minimum Gasteiger partial charge on any atom is -0.461 e. The summed E-state index contributed by atoms with van der Waals surface area (Å²) in [4.78, 5) is 26.8. The zero-order valence-electron chi connectivity index (χ0n) is 15.7. The van der Waals surface area contributed by atoms with Crippen LogP contribution >= 0.6 is 0 Å². The fraction of sp³-hybridized carbons (Fsp3) is 0.600. The summed E-state index contributed by atoms with van der Waals surface area (Å²) in [5.74, 6) is -0.333. The van der Waals surface area contributed by atoms with Gasteiger partial charge in [-0.15, -0.1) is 0 Å². The molecule has 0 aromatic heterocycles. The number of likely N-dealkylation sites (tertiary alicyclic amines) is 1. The molecule has 1 aliphatic heterocycles. The van der Waals surface area contributed by atoms with Gasteiger partial charge in [-0.25, -0.2) is 9.59 Å². The normalized spacial score (nSPS) is 21.0. The number of hydrogen-bond acceptors (Lipinski definition) is 4. The Kier molecular flexibility index (Phi) is 4.30. The van der Waals surface area contributed by atoms with Crippen molar-refractivity contribution >= 4 is 12.1 Å². The van der Waals surface area contributed by atoms with Gasteiger partial charge in [-0.3, -0.25) is 4.90 Å². The number of esters is 1. The number of fused-ring (bicyclic) bond motifs is 1. The lowest BCUT2D eigenvalue weighted by molar-refractivity contribution is -0.172. The van der Waals surface area contributed by atoms with E-state index < -0.39 is 17.7 Å². The zero-order chi connectivity index (χ0) is 18.4. The lowest BCUT2D eigenvalue weighted by atomic mass is 9.69. The average Bonchev–Trinajstić information content (AvgIpc) is 2.83. The van der Waals surface area contributed by atoms with Gasteiger partial charge in [0.15, 0.2) is 0 Å². The molecule has 1 aliphatic carbocycles. The molecule has 1 unspecified atom stereocenters. The molecular weight excluding hydrogens is 318 g/mol. The Hall–Kier alpha value is -2.04. The van der Waals surface area contributed by atoms with Crippen LogP contribution in [0.5, 0.6) is 0 Å². The van der Waals surface area contributed by atoms with Crippen LogP contribution in [-0.2, 0) is 27.1 Å². The molecule has 5 nitrogen and oxygen atoms in total. The summed E-state index contributed by atoms with van der Waals surface area (Å²) in [6.07, 6.45) is 0.926. The number of carbonyl (C=O) groups is 2. The predicted octanol–water partition coefficient (Wildman–Crippen LogP) is 3.34. The van der Waals surface area contributed by atoms with Crippen molar-refractivity contribution in [2.24, 2.45) is 5.41 Å². The Balaban J connectivity index is 1.84. The highest BCUT2D eigenvalue weighted by atomic mass is 16.6. The predicted molar refractivity (Wildman–Crippen MR) is 94.2 cm³/mol. The summed E-state index contributed by atoms with van der Waals surface area (Å²) in [5.41, 5.74) is 1.65. The number of rotatable bonds is 2. The Morgan fingerprint density at radius 2 is 1.72 bits per heavy atom. The van der Waals surface area contributed by atoms with E-state index in [1.807, 2.05) is 46.8 Å². The maximum Gasteiger partial charge on any atom is 0.411 e. The summed E-state index contributed by atoms with van der Waals surface area (Å²) in [6.45, 7) is 9.65. The van der Waals surface area contributed by atoms with Crippen LogP contribution in [0.2, 0.25) is 0 Å². The number of carbonyl (C=O) groups excluding carboxylic acids is 2. The number of hydrogen-bond donors (Lipinski definition) is 0. The van der Waals surface area contributed by atoms with Gasteiger partial charge in [-0.2, -0.15) is 0 Å². The quantitative estimate of drug-likeness (QED) is 0.772. The van der Waals surface area contributed by atoms with Gasteiger partial charge in [-0.1, -0.05) is 24.3 Å². The van der Waals surface area contributed by atoms with E-state index in [2.05, 4.69) is 12.1 Å². The molecule has 2 aliphatic rings. The van der Waals surface area contributed by atoms with E-state index in [0.717, 1.165) is 12.8 Å². The number of amides is 1. The smallest absolute Gasteiger partial charge is 0.411 e. The third-order valence-corrected chi connectivity index (χ3v) is 4.78. The van der Waals surface area contributed by atoms with Crippen molar-refractivity contribution in [1.82, 2.24) is 4.90 Å². The van der Waals surface area contributed by atoms with Gasteiger partial charge < -0.3 is 9.47 Å². The van der Waals surface area contributed by atoms with Gasteiger partial charge in [0, 0.05) is 12.0 Å². The molecule has 136 valence electrons. The third-order valence-electron chi connectivity index (χ3n) is 4.78. The van der Waals surface area contributed by atoms with Crippen LogP contribution in [0.3, 0.4) is 0 Å². The van der Waals surface area contributed by atoms with E-state index in [9.17, 15) is 9.59 Å². The fourth-order valence-electron chi connectivity index (χ4n) is 3.93. The van der Waals surface area contributed by atoms with Crippen molar-refractivity contribution in [1.29, 1.82) is 0 Å². The maximum atomic E-state index is 12.8. The Morgan fingerprint density at radius 3 is 2.20 bits per heavy atom. The minimum atomic E-state index is -0.592. The van der Waals surface area contributed by atoms with Crippen LogP contribution in [0, 0.1) is 5.41 Å². The average molecular weight is 345 g/mol. The molecule has 0 N–H and O–H groups in total. The third kappa shape index (κ3) is 3.37. The first kappa shape index (κ1) is 17.8. The highest BCUT2D eigenvalue weighted by Gasteiger charge is 2.61. The second-order valence-electron chi connectivity index (χ2n) is 8.48. The lowest BCUT2D eigenvalue weighted by Crippen LogP contribution is -2.70. The van der Waals surface area contributed by atoms with Crippen molar-refractivity contribution in [3.05, 3.63) is 35.4 Å². The number of benzene rings is 1. The largest absolute Gasteiger partial charge is 0.461 e. The van der Waals surface area contributed by atoms with E-state index >= 15 is 0 Å². The molecule has 1 spiro atoms. The molecule has 3 rings (SSSR count). The lowest BCUT2D eigenvalue weighted by Gasteiger charge is -2.53. The summed E-state index contributed by atoms with van der Waals surface area (Å²) in [6, 6.07) is 7.65. The van der Waals surface area contributed by atoms with Crippen LogP contribution in [0.1, 0.15) is 45.7 Å². The van der Waals surface area contributed by atoms with Gasteiger partial charge in [0.05, 0.1) is 6.10 Å². The van der Waals surface area contributed by atoms with Gasteiger partial charge in [-0.05, 0) is 58.6 Å². The molecule has 0 bridgehead atoms. The molecule has 1 atom stereocenters. The summed E-state index contributed by atoms with van der Waals surface area (Å²) < 4.78 is 10.9. The maximum absolute atomic E-state index is 12.8. The topological polar surface area (TPSA) is 55.8 Å². The van der Waals surface area contributed by atoms with Crippen molar-refractivity contribution in [3.63, 3.8) is 0 Å². The Labute approximate surface area is 149 Å². The minimum absolute atomic E-state index is 0.214. The SMILES string of the molecule is CC(C)OC(=O)C1N(C(=O)OC(C)(C)C)CC12Cc1ccccc1C2. The molecular formula is C20H27NO4.